The van der Waals surface area contributed by atoms with Crippen molar-refractivity contribution in [3.8, 4) is 10.7 Å². The molecule has 0 aliphatic rings. The van der Waals surface area contributed by atoms with Crippen LogP contribution in [0.3, 0.4) is 0 Å². The summed E-state index contributed by atoms with van der Waals surface area (Å²) in [5.41, 5.74) is 2.37. The molecule has 29 heavy (non-hydrogen) atoms. The Morgan fingerprint density at radius 2 is 1.97 bits per heavy atom. The molecule has 0 fully saturated rings. The molecule has 3 aromatic rings. The van der Waals surface area contributed by atoms with E-state index in [0.29, 0.717) is 17.1 Å². The fraction of sp³-hybridized carbons (Fsp3) is 0.381. The molecule has 2 N–H and O–H groups in total. The molecule has 154 valence electrons. The lowest BCUT2D eigenvalue weighted by molar-refractivity contribution is -0.124. The van der Waals surface area contributed by atoms with E-state index in [1.165, 1.54) is 5.56 Å². The number of H-pyrrole nitrogens is 1. The summed E-state index contributed by atoms with van der Waals surface area (Å²) in [5, 5.41) is 12.2. The Balaban J connectivity index is 1.73. The molecule has 0 bridgehead atoms. The number of nitrogens with zero attached hydrogens (tertiary/aromatic N) is 3. The van der Waals surface area contributed by atoms with Gasteiger partial charge in [0.15, 0.2) is 10.6 Å². The number of rotatable bonds is 9. The van der Waals surface area contributed by atoms with Crippen LogP contribution < -0.4 is 5.32 Å². The van der Waals surface area contributed by atoms with Gasteiger partial charge < -0.3 is 5.32 Å². The van der Waals surface area contributed by atoms with E-state index in [1.54, 1.807) is 15.9 Å². The van der Waals surface area contributed by atoms with Crippen LogP contribution in [0.15, 0.2) is 41.8 Å². The number of benzene rings is 1. The maximum Gasteiger partial charge on any atom is 0.243 e. The zero-order valence-electron chi connectivity index (χ0n) is 17.0. The summed E-state index contributed by atoms with van der Waals surface area (Å²) in [6.45, 7) is 9.53. The third-order valence-electron chi connectivity index (χ3n) is 5.07. The van der Waals surface area contributed by atoms with Crippen molar-refractivity contribution in [2.45, 2.75) is 39.9 Å². The molecule has 1 unspecified atom stereocenters. The molecular formula is C21H27N5OS2. The molecule has 0 aliphatic carbocycles. The SMILES string of the molecule is CCN(CC)Cc1ccccc1CNC(=O)C(C)n1c(-c2cccs2)n[nH]c1=S. The first-order valence-corrected chi connectivity index (χ1v) is 11.1. The van der Waals surface area contributed by atoms with Gasteiger partial charge in [0, 0.05) is 13.1 Å². The standard InChI is InChI=1S/C21H27N5OS2/c1-4-25(5-2)14-17-10-7-6-9-16(17)13-22-20(27)15(3)26-19(23-24-21(26)28)18-11-8-12-29-18/h6-12,15H,4-5,13-14H2,1-3H3,(H,22,27)(H,24,28). The lowest BCUT2D eigenvalue weighted by Crippen LogP contribution is -2.31. The predicted octanol–water partition coefficient (Wildman–Crippen LogP) is 4.39. The molecule has 8 heteroatoms. The van der Waals surface area contributed by atoms with Crippen LogP contribution in [0.25, 0.3) is 10.7 Å². The molecule has 1 amide bonds. The summed E-state index contributed by atoms with van der Waals surface area (Å²) in [5.74, 6) is 0.604. The first-order valence-electron chi connectivity index (χ1n) is 9.82. The second-order valence-electron chi connectivity index (χ2n) is 6.82. The van der Waals surface area contributed by atoms with Gasteiger partial charge in [0.05, 0.1) is 4.88 Å². The Morgan fingerprint density at radius 1 is 1.24 bits per heavy atom. The topological polar surface area (TPSA) is 66.0 Å². The van der Waals surface area contributed by atoms with E-state index in [1.807, 2.05) is 36.6 Å². The molecule has 0 spiro atoms. The third-order valence-corrected chi connectivity index (χ3v) is 6.23. The number of thiophene rings is 1. The molecule has 1 atom stereocenters. The van der Waals surface area contributed by atoms with Gasteiger partial charge in [0.2, 0.25) is 5.91 Å². The minimum absolute atomic E-state index is 0.0852. The van der Waals surface area contributed by atoms with Crippen LogP contribution in [-0.4, -0.2) is 38.7 Å². The van der Waals surface area contributed by atoms with Crippen molar-refractivity contribution >= 4 is 29.5 Å². The fourth-order valence-electron chi connectivity index (χ4n) is 3.26. The first-order chi connectivity index (χ1) is 14.0. The van der Waals surface area contributed by atoms with Crippen LogP contribution in [0.4, 0.5) is 0 Å². The number of aromatic nitrogens is 3. The molecule has 0 aliphatic heterocycles. The van der Waals surface area contributed by atoms with Crippen molar-refractivity contribution in [3.63, 3.8) is 0 Å². The number of amides is 1. The van der Waals surface area contributed by atoms with Gasteiger partial charge in [-0.3, -0.25) is 19.4 Å². The van der Waals surface area contributed by atoms with Gasteiger partial charge in [-0.05, 0) is 54.8 Å². The lowest BCUT2D eigenvalue weighted by Gasteiger charge is -2.21. The average molecular weight is 430 g/mol. The number of nitrogens with one attached hydrogen (secondary N) is 2. The van der Waals surface area contributed by atoms with Crippen molar-refractivity contribution in [1.82, 2.24) is 25.0 Å². The maximum absolute atomic E-state index is 12.9. The van der Waals surface area contributed by atoms with Crippen LogP contribution in [-0.2, 0) is 17.9 Å². The Morgan fingerprint density at radius 3 is 2.62 bits per heavy atom. The average Bonchev–Trinajstić information content (AvgIpc) is 3.40. The molecule has 6 nitrogen and oxygen atoms in total. The van der Waals surface area contributed by atoms with Gasteiger partial charge >= 0.3 is 0 Å². The normalized spacial score (nSPS) is 12.3. The number of hydrogen-bond acceptors (Lipinski definition) is 5. The summed E-state index contributed by atoms with van der Waals surface area (Å²) in [7, 11) is 0. The van der Waals surface area contributed by atoms with Gasteiger partial charge in [-0.15, -0.1) is 11.3 Å². The highest BCUT2D eigenvalue weighted by Crippen LogP contribution is 2.25. The van der Waals surface area contributed by atoms with Crippen molar-refractivity contribution in [3.05, 3.63) is 57.7 Å². The van der Waals surface area contributed by atoms with Gasteiger partial charge in [-0.1, -0.05) is 44.2 Å². The smallest absolute Gasteiger partial charge is 0.243 e. The number of carbonyl (C=O) groups excluding carboxylic acids is 1. The van der Waals surface area contributed by atoms with E-state index in [2.05, 4.69) is 46.4 Å². The lowest BCUT2D eigenvalue weighted by atomic mass is 10.1. The number of carbonyl (C=O) groups is 1. The molecule has 1 aromatic carbocycles. The van der Waals surface area contributed by atoms with E-state index in [4.69, 9.17) is 12.2 Å². The maximum atomic E-state index is 12.9. The highest BCUT2D eigenvalue weighted by atomic mass is 32.1. The van der Waals surface area contributed by atoms with Gasteiger partial charge in [-0.25, -0.2) is 0 Å². The van der Waals surface area contributed by atoms with Gasteiger partial charge in [0.1, 0.15) is 6.04 Å². The van der Waals surface area contributed by atoms with Gasteiger partial charge in [0.25, 0.3) is 0 Å². The van der Waals surface area contributed by atoms with E-state index in [0.717, 1.165) is 30.1 Å². The minimum atomic E-state index is -0.465. The Kier molecular flexibility index (Phi) is 7.35. The molecule has 0 radical (unpaired) electrons. The van der Waals surface area contributed by atoms with E-state index in [9.17, 15) is 4.79 Å². The summed E-state index contributed by atoms with van der Waals surface area (Å²) >= 11 is 6.95. The summed E-state index contributed by atoms with van der Waals surface area (Å²) < 4.78 is 2.22. The number of hydrogen-bond donors (Lipinski definition) is 2. The third kappa shape index (κ3) is 5.01. The monoisotopic (exact) mass is 429 g/mol. The van der Waals surface area contributed by atoms with E-state index >= 15 is 0 Å². The molecular weight excluding hydrogens is 402 g/mol. The highest BCUT2D eigenvalue weighted by Gasteiger charge is 2.21. The van der Waals surface area contributed by atoms with Crippen LogP contribution >= 0.6 is 23.6 Å². The first kappa shape index (κ1) is 21.4. The molecule has 2 aromatic heterocycles. The van der Waals surface area contributed by atoms with Crippen LogP contribution in [0.2, 0.25) is 0 Å². The zero-order valence-corrected chi connectivity index (χ0v) is 18.6. The summed E-state index contributed by atoms with van der Waals surface area (Å²) in [6, 6.07) is 11.7. The quantitative estimate of drug-likeness (QED) is 0.495. The van der Waals surface area contributed by atoms with E-state index < -0.39 is 6.04 Å². The van der Waals surface area contributed by atoms with Crippen molar-refractivity contribution in [2.24, 2.45) is 0 Å². The molecule has 2 heterocycles. The second-order valence-corrected chi connectivity index (χ2v) is 8.16. The predicted molar refractivity (Wildman–Crippen MR) is 120 cm³/mol. The summed E-state index contributed by atoms with van der Waals surface area (Å²) in [4.78, 5) is 16.2. The van der Waals surface area contributed by atoms with Crippen molar-refractivity contribution < 1.29 is 4.79 Å². The molecule has 3 rings (SSSR count). The Hall–Kier alpha value is -2.29. The van der Waals surface area contributed by atoms with Crippen molar-refractivity contribution in [2.75, 3.05) is 13.1 Å². The highest BCUT2D eigenvalue weighted by molar-refractivity contribution is 7.71. The minimum Gasteiger partial charge on any atom is -0.350 e. The zero-order chi connectivity index (χ0) is 20.8. The largest absolute Gasteiger partial charge is 0.350 e. The van der Waals surface area contributed by atoms with Crippen LogP contribution in [0.1, 0.15) is 37.9 Å². The summed E-state index contributed by atoms with van der Waals surface area (Å²) in [6.07, 6.45) is 0. The van der Waals surface area contributed by atoms with Crippen LogP contribution in [0.5, 0.6) is 0 Å². The molecule has 0 saturated carbocycles. The van der Waals surface area contributed by atoms with E-state index in [-0.39, 0.29) is 5.91 Å². The second kappa shape index (κ2) is 9.96. The van der Waals surface area contributed by atoms with Crippen LogP contribution in [0, 0.1) is 4.77 Å². The fourth-order valence-corrected chi connectivity index (χ4v) is 4.26. The Bertz CT molecular complexity index is 989. The number of aromatic amines is 1. The molecule has 0 saturated heterocycles. The van der Waals surface area contributed by atoms with Crippen molar-refractivity contribution in [1.29, 1.82) is 0 Å². The van der Waals surface area contributed by atoms with Gasteiger partial charge in [-0.2, -0.15) is 5.10 Å². The Labute approximate surface area is 180 Å².